The fraction of sp³-hybridized carbons (Fsp3) is 0.389. The second-order valence-electron chi connectivity index (χ2n) is 4.95. The monoisotopic (exact) mass is 333 g/mol. The number of esters is 2. The van der Waals surface area contributed by atoms with E-state index in [0.29, 0.717) is 6.54 Å². The number of carbonyl (C=O) groups is 3. The van der Waals surface area contributed by atoms with Crippen LogP contribution in [-0.4, -0.2) is 30.9 Å². The summed E-state index contributed by atoms with van der Waals surface area (Å²) in [6.07, 6.45) is -0.200. The van der Waals surface area contributed by atoms with Gasteiger partial charge in [-0.3, -0.25) is 9.59 Å². The van der Waals surface area contributed by atoms with Crippen molar-refractivity contribution in [2.45, 2.75) is 33.7 Å². The van der Waals surface area contributed by atoms with E-state index in [1.165, 1.54) is 6.92 Å². The van der Waals surface area contributed by atoms with Gasteiger partial charge in [0, 0.05) is 12.2 Å². The van der Waals surface area contributed by atoms with Crippen molar-refractivity contribution in [1.29, 1.82) is 0 Å². The number of ether oxygens (including phenoxy) is 2. The highest BCUT2D eigenvalue weighted by molar-refractivity contribution is 6.17. The third-order valence-corrected chi connectivity index (χ3v) is 3.11. The number of benzene rings is 1. The fourth-order valence-electron chi connectivity index (χ4n) is 2.08. The topological polar surface area (TPSA) is 81.7 Å². The zero-order valence-electron chi connectivity index (χ0n) is 14.3. The number of hydrogen-bond donors (Lipinski definition) is 1. The maximum atomic E-state index is 12.1. The molecule has 1 N–H and O–H groups in total. The van der Waals surface area contributed by atoms with Crippen LogP contribution >= 0.6 is 0 Å². The van der Waals surface area contributed by atoms with Gasteiger partial charge in [0.1, 0.15) is 5.57 Å². The normalized spacial score (nSPS) is 11.3. The van der Waals surface area contributed by atoms with Crippen LogP contribution in [0.1, 0.15) is 32.8 Å². The van der Waals surface area contributed by atoms with Crippen LogP contribution < -0.4 is 5.32 Å². The Bertz CT molecular complexity index is 607. The molecule has 0 spiro atoms. The first-order valence-corrected chi connectivity index (χ1v) is 7.84. The Kier molecular flexibility index (Phi) is 8.25. The third-order valence-electron chi connectivity index (χ3n) is 3.11. The molecule has 6 heteroatoms. The molecular formula is C18H23NO5. The van der Waals surface area contributed by atoms with Crippen LogP contribution in [0.2, 0.25) is 0 Å². The lowest BCUT2D eigenvalue weighted by Gasteiger charge is -2.15. The SMILES string of the molecule is CCOC(=O)CC(NCc1ccccc1)=C(C(C)=O)C(=O)OCC. The van der Waals surface area contributed by atoms with Gasteiger partial charge in [-0.15, -0.1) is 0 Å². The minimum absolute atomic E-state index is 0.140. The summed E-state index contributed by atoms with van der Waals surface area (Å²) >= 11 is 0. The van der Waals surface area contributed by atoms with Crippen LogP contribution in [0.25, 0.3) is 0 Å². The molecule has 1 aromatic carbocycles. The second-order valence-corrected chi connectivity index (χ2v) is 4.95. The van der Waals surface area contributed by atoms with Crippen LogP contribution in [0.15, 0.2) is 41.6 Å². The van der Waals surface area contributed by atoms with Gasteiger partial charge in [0.05, 0.1) is 19.6 Å². The van der Waals surface area contributed by atoms with E-state index in [-0.39, 0.29) is 30.9 Å². The summed E-state index contributed by atoms with van der Waals surface area (Å²) in [7, 11) is 0. The fourth-order valence-corrected chi connectivity index (χ4v) is 2.08. The van der Waals surface area contributed by atoms with Gasteiger partial charge in [-0.2, -0.15) is 0 Å². The maximum Gasteiger partial charge on any atom is 0.343 e. The molecule has 0 saturated heterocycles. The Labute approximate surface area is 141 Å². The molecule has 0 atom stereocenters. The first-order valence-electron chi connectivity index (χ1n) is 7.84. The Morgan fingerprint density at radius 3 is 2.17 bits per heavy atom. The van der Waals surface area contributed by atoms with Gasteiger partial charge in [0.15, 0.2) is 5.78 Å². The molecule has 6 nitrogen and oxygen atoms in total. The van der Waals surface area contributed by atoms with Gasteiger partial charge in [0.25, 0.3) is 0 Å². The average molecular weight is 333 g/mol. The molecule has 0 heterocycles. The third kappa shape index (κ3) is 6.24. The molecule has 0 amide bonds. The Morgan fingerprint density at radius 2 is 1.62 bits per heavy atom. The van der Waals surface area contributed by atoms with Crippen LogP contribution in [0, 0.1) is 0 Å². The maximum absolute atomic E-state index is 12.1. The lowest BCUT2D eigenvalue weighted by atomic mass is 10.1. The molecule has 0 aliphatic heterocycles. The van der Waals surface area contributed by atoms with E-state index in [2.05, 4.69) is 5.32 Å². The van der Waals surface area contributed by atoms with E-state index < -0.39 is 17.7 Å². The van der Waals surface area contributed by atoms with Crippen molar-refractivity contribution in [1.82, 2.24) is 5.32 Å². The zero-order valence-corrected chi connectivity index (χ0v) is 14.3. The van der Waals surface area contributed by atoms with E-state index in [0.717, 1.165) is 5.56 Å². The Morgan fingerprint density at radius 1 is 1.00 bits per heavy atom. The van der Waals surface area contributed by atoms with E-state index in [1.54, 1.807) is 13.8 Å². The van der Waals surface area contributed by atoms with Gasteiger partial charge in [0.2, 0.25) is 0 Å². The van der Waals surface area contributed by atoms with Crippen LogP contribution in [0.3, 0.4) is 0 Å². The van der Waals surface area contributed by atoms with E-state index >= 15 is 0 Å². The number of rotatable bonds is 9. The highest BCUT2D eigenvalue weighted by atomic mass is 16.5. The number of Topliss-reactive ketones (excluding diaryl/α,β-unsaturated/α-hetero) is 1. The van der Waals surface area contributed by atoms with Crippen molar-refractivity contribution in [3.63, 3.8) is 0 Å². The summed E-state index contributed by atoms with van der Waals surface area (Å²) in [5.74, 6) is -1.73. The van der Waals surface area contributed by atoms with Gasteiger partial charge in [-0.1, -0.05) is 30.3 Å². The summed E-state index contributed by atoms with van der Waals surface area (Å²) in [6, 6.07) is 9.43. The molecule has 0 unspecified atom stereocenters. The Hall–Kier alpha value is -2.63. The van der Waals surface area contributed by atoms with Crippen molar-refractivity contribution < 1.29 is 23.9 Å². The van der Waals surface area contributed by atoms with Gasteiger partial charge >= 0.3 is 11.9 Å². The number of nitrogens with one attached hydrogen (secondary N) is 1. The molecule has 0 radical (unpaired) electrons. The van der Waals surface area contributed by atoms with E-state index in [4.69, 9.17) is 9.47 Å². The lowest BCUT2D eigenvalue weighted by Crippen LogP contribution is -2.25. The van der Waals surface area contributed by atoms with Gasteiger partial charge in [-0.05, 0) is 26.3 Å². The van der Waals surface area contributed by atoms with Crippen LogP contribution in [-0.2, 0) is 30.4 Å². The summed E-state index contributed by atoms with van der Waals surface area (Å²) in [5, 5.41) is 3.00. The summed E-state index contributed by atoms with van der Waals surface area (Å²) in [5.41, 5.74) is 1.01. The van der Waals surface area contributed by atoms with Gasteiger partial charge < -0.3 is 14.8 Å². The molecule has 0 fully saturated rings. The zero-order chi connectivity index (χ0) is 17.9. The van der Waals surface area contributed by atoms with Crippen LogP contribution in [0.4, 0.5) is 0 Å². The van der Waals surface area contributed by atoms with Crippen molar-refractivity contribution in [3.8, 4) is 0 Å². The number of ketones is 1. The minimum atomic E-state index is -0.745. The van der Waals surface area contributed by atoms with E-state index in [9.17, 15) is 14.4 Å². The predicted octanol–water partition coefficient (Wildman–Crippen LogP) is 2.14. The molecule has 0 aromatic heterocycles. The number of carbonyl (C=O) groups excluding carboxylic acids is 3. The molecule has 24 heavy (non-hydrogen) atoms. The molecule has 0 aliphatic carbocycles. The molecule has 0 aliphatic rings. The molecular weight excluding hydrogens is 310 g/mol. The molecule has 0 saturated carbocycles. The minimum Gasteiger partial charge on any atom is -0.466 e. The summed E-state index contributed by atoms with van der Waals surface area (Å²) in [4.78, 5) is 35.8. The average Bonchev–Trinajstić information content (AvgIpc) is 2.53. The Balaban J connectivity index is 3.08. The van der Waals surface area contributed by atoms with Crippen molar-refractivity contribution >= 4 is 17.7 Å². The molecule has 0 bridgehead atoms. The van der Waals surface area contributed by atoms with Crippen molar-refractivity contribution in [3.05, 3.63) is 47.2 Å². The summed E-state index contributed by atoms with van der Waals surface area (Å²) < 4.78 is 9.85. The molecule has 1 rings (SSSR count). The van der Waals surface area contributed by atoms with Crippen molar-refractivity contribution in [2.75, 3.05) is 13.2 Å². The number of hydrogen-bond acceptors (Lipinski definition) is 6. The van der Waals surface area contributed by atoms with Gasteiger partial charge in [-0.25, -0.2) is 4.79 Å². The second kappa shape index (κ2) is 10.2. The molecule has 1 aromatic rings. The van der Waals surface area contributed by atoms with Crippen molar-refractivity contribution in [2.24, 2.45) is 0 Å². The smallest absolute Gasteiger partial charge is 0.343 e. The van der Waals surface area contributed by atoms with E-state index in [1.807, 2.05) is 30.3 Å². The first-order chi connectivity index (χ1) is 11.5. The largest absolute Gasteiger partial charge is 0.466 e. The quantitative estimate of drug-likeness (QED) is 0.323. The first kappa shape index (κ1) is 19.4. The lowest BCUT2D eigenvalue weighted by molar-refractivity contribution is -0.142. The molecule has 130 valence electrons. The predicted molar refractivity (Wildman–Crippen MR) is 88.9 cm³/mol. The van der Waals surface area contributed by atoms with Crippen LogP contribution in [0.5, 0.6) is 0 Å². The standard InChI is InChI=1S/C18H23NO5/c1-4-23-16(21)11-15(17(13(3)20)18(22)24-5-2)19-12-14-9-7-6-8-10-14/h6-10,19H,4-5,11-12H2,1-3H3. The summed E-state index contributed by atoms with van der Waals surface area (Å²) in [6.45, 7) is 5.34. The highest BCUT2D eigenvalue weighted by Gasteiger charge is 2.23. The highest BCUT2D eigenvalue weighted by Crippen LogP contribution is 2.13.